The fraction of sp³-hybridized carbons (Fsp3) is 0.0800. The second-order valence-electron chi connectivity index (χ2n) is 7.04. The molecule has 0 fully saturated rings. The Labute approximate surface area is 184 Å². The lowest BCUT2D eigenvalue weighted by molar-refractivity contribution is -0.125. The Kier molecular flexibility index (Phi) is 5.96. The largest absolute Gasteiger partial charge is 0.443 e. The predicted octanol–water partition coefficient (Wildman–Crippen LogP) is 5.73. The van der Waals surface area contributed by atoms with E-state index in [1.54, 1.807) is 54.6 Å². The van der Waals surface area contributed by atoms with Crippen LogP contribution in [0.3, 0.4) is 0 Å². The lowest BCUT2D eigenvalue weighted by atomic mass is 10.1. The highest BCUT2D eigenvalue weighted by molar-refractivity contribution is 6.31. The van der Waals surface area contributed by atoms with E-state index in [0.717, 1.165) is 10.9 Å². The molecule has 0 aliphatic carbocycles. The van der Waals surface area contributed by atoms with E-state index in [1.807, 2.05) is 37.3 Å². The molecular weight excluding hydrogens is 412 g/mol. The number of ether oxygens (including phenoxy) is 1. The molecule has 1 aromatic heterocycles. The molecule has 0 bridgehead atoms. The lowest BCUT2D eigenvalue weighted by Gasteiger charge is -2.18. The molecule has 0 saturated heterocycles. The van der Waals surface area contributed by atoms with Crippen molar-refractivity contribution in [2.24, 2.45) is 0 Å². The van der Waals surface area contributed by atoms with Crippen molar-refractivity contribution in [1.29, 1.82) is 0 Å². The summed E-state index contributed by atoms with van der Waals surface area (Å²) in [5.74, 6) is -1.17. The van der Waals surface area contributed by atoms with Crippen molar-refractivity contribution in [3.8, 4) is 0 Å². The van der Waals surface area contributed by atoms with Crippen LogP contribution in [-0.2, 0) is 9.53 Å². The number of hydrogen-bond donors (Lipinski definition) is 1. The number of esters is 1. The fourth-order valence-electron chi connectivity index (χ4n) is 3.13. The topological polar surface area (TPSA) is 68.3 Å². The van der Waals surface area contributed by atoms with E-state index in [2.05, 4.69) is 10.3 Å². The minimum absolute atomic E-state index is 0.130. The van der Waals surface area contributed by atoms with Gasteiger partial charge in [-0.1, -0.05) is 72.3 Å². The van der Waals surface area contributed by atoms with Crippen molar-refractivity contribution < 1.29 is 14.3 Å². The summed E-state index contributed by atoms with van der Waals surface area (Å²) in [5, 5.41) is 4.22. The van der Waals surface area contributed by atoms with Crippen molar-refractivity contribution in [2.45, 2.75) is 13.0 Å². The molecule has 0 unspecified atom stereocenters. The van der Waals surface area contributed by atoms with Crippen molar-refractivity contribution in [3.63, 3.8) is 0 Å². The Bertz CT molecular complexity index is 1260. The van der Waals surface area contributed by atoms with Crippen LogP contribution >= 0.6 is 11.6 Å². The number of anilines is 1. The van der Waals surface area contributed by atoms with E-state index < -0.39 is 18.0 Å². The van der Waals surface area contributed by atoms with Gasteiger partial charge < -0.3 is 10.1 Å². The number of rotatable bonds is 5. The summed E-state index contributed by atoms with van der Waals surface area (Å²) in [4.78, 5) is 30.2. The molecule has 0 aliphatic rings. The van der Waals surface area contributed by atoms with Gasteiger partial charge in [-0.15, -0.1) is 0 Å². The monoisotopic (exact) mass is 430 g/mol. The summed E-state index contributed by atoms with van der Waals surface area (Å²) >= 11 is 6.16. The Hall–Kier alpha value is -3.70. The van der Waals surface area contributed by atoms with Crippen LogP contribution in [0.5, 0.6) is 0 Å². The van der Waals surface area contributed by atoms with Gasteiger partial charge in [0.1, 0.15) is 5.69 Å². The Balaban J connectivity index is 1.60. The zero-order chi connectivity index (χ0) is 21.8. The van der Waals surface area contributed by atoms with Gasteiger partial charge in [-0.3, -0.25) is 4.79 Å². The fourth-order valence-corrected chi connectivity index (χ4v) is 3.31. The van der Waals surface area contributed by atoms with Crippen LogP contribution in [0.1, 0.15) is 27.7 Å². The minimum atomic E-state index is -1.15. The molecule has 1 amide bonds. The zero-order valence-electron chi connectivity index (χ0n) is 16.7. The number of nitrogens with one attached hydrogen (secondary N) is 1. The average molecular weight is 431 g/mol. The third-order valence-electron chi connectivity index (χ3n) is 4.81. The molecule has 3 aromatic carbocycles. The first-order valence-electron chi connectivity index (χ1n) is 9.70. The summed E-state index contributed by atoms with van der Waals surface area (Å²) in [6, 6.07) is 24.9. The number of hydrogen-bond acceptors (Lipinski definition) is 4. The van der Waals surface area contributed by atoms with Crippen LogP contribution in [-0.4, -0.2) is 16.9 Å². The first-order valence-corrected chi connectivity index (χ1v) is 10.1. The highest BCUT2D eigenvalue weighted by Gasteiger charge is 2.26. The van der Waals surface area contributed by atoms with Gasteiger partial charge in [-0.05, 0) is 36.8 Å². The number of aromatic nitrogens is 1. The first-order chi connectivity index (χ1) is 15.0. The highest BCUT2D eigenvalue weighted by Crippen LogP contribution is 2.24. The second-order valence-corrected chi connectivity index (χ2v) is 7.45. The van der Waals surface area contributed by atoms with Gasteiger partial charge in [-0.2, -0.15) is 0 Å². The molecule has 0 radical (unpaired) electrons. The van der Waals surface area contributed by atoms with Gasteiger partial charge >= 0.3 is 5.97 Å². The molecule has 0 spiro atoms. The van der Waals surface area contributed by atoms with Gasteiger partial charge in [-0.25, -0.2) is 9.78 Å². The SMILES string of the molecule is Cc1ccc(NC(=O)[C@@H](OC(=O)c2ccc3ccccc3n2)c2ccccc2)cc1Cl. The predicted molar refractivity (Wildman–Crippen MR) is 121 cm³/mol. The van der Waals surface area contributed by atoms with E-state index in [0.29, 0.717) is 21.8 Å². The maximum absolute atomic E-state index is 13.0. The molecule has 154 valence electrons. The lowest BCUT2D eigenvalue weighted by Crippen LogP contribution is -2.26. The number of halogens is 1. The second kappa shape index (κ2) is 8.98. The molecular formula is C25H19ClN2O3. The molecule has 5 nitrogen and oxygen atoms in total. The van der Waals surface area contributed by atoms with Gasteiger partial charge in [0, 0.05) is 21.7 Å². The number of amides is 1. The summed E-state index contributed by atoms with van der Waals surface area (Å²) in [5.41, 5.74) is 2.76. The van der Waals surface area contributed by atoms with Crippen LogP contribution in [0, 0.1) is 6.92 Å². The van der Waals surface area contributed by atoms with E-state index in [-0.39, 0.29) is 5.69 Å². The van der Waals surface area contributed by atoms with Crippen LogP contribution in [0.2, 0.25) is 5.02 Å². The number of carbonyl (C=O) groups excluding carboxylic acids is 2. The van der Waals surface area contributed by atoms with Crippen molar-refractivity contribution in [1.82, 2.24) is 4.98 Å². The normalized spacial score (nSPS) is 11.7. The average Bonchev–Trinajstić information content (AvgIpc) is 2.80. The molecule has 0 saturated carbocycles. The molecule has 4 aromatic rings. The Morgan fingerprint density at radius 2 is 1.68 bits per heavy atom. The van der Waals surface area contributed by atoms with E-state index >= 15 is 0 Å². The molecule has 4 rings (SSSR count). The third-order valence-corrected chi connectivity index (χ3v) is 5.22. The van der Waals surface area contributed by atoms with Gasteiger partial charge in [0.05, 0.1) is 5.52 Å². The van der Waals surface area contributed by atoms with Crippen molar-refractivity contribution >= 4 is 40.1 Å². The van der Waals surface area contributed by atoms with Gasteiger partial charge in [0.2, 0.25) is 6.10 Å². The Morgan fingerprint density at radius 1 is 0.935 bits per heavy atom. The van der Waals surface area contributed by atoms with Crippen LogP contribution in [0.15, 0.2) is 84.9 Å². The van der Waals surface area contributed by atoms with Crippen LogP contribution in [0.4, 0.5) is 5.69 Å². The summed E-state index contributed by atoms with van der Waals surface area (Å²) < 4.78 is 5.61. The number of aryl methyl sites for hydroxylation is 1. The van der Waals surface area contributed by atoms with E-state index in [4.69, 9.17) is 16.3 Å². The summed E-state index contributed by atoms with van der Waals surface area (Å²) in [6.45, 7) is 1.87. The van der Waals surface area contributed by atoms with Gasteiger partial charge in [0.15, 0.2) is 0 Å². The van der Waals surface area contributed by atoms with Crippen LogP contribution in [0.25, 0.3) is 10.9 Å². The minimum Gasteiger partial charge on any atom is -0.443 e. The van der Waals surface area contributed by atoms with Crippen LogP contribution < -0.4 is 5.32 Å². The molecule has 31 heavy (non-hydrogen) atoms. The molecule has 1 atom stereocenters. The maximum Gasteiger partial charge on any atom is 0.358 e. The van der Waals surface area contributed by atoms with E-state index in [1.165, 1.54) is 0 Å². The van der Waals surface area contributed by atoms with E-state index in [9.17, 15) is 9.59 Å². The number of pyridine rings is 1. The molecule has 6 heteroatoms. The smallest absolute Gasteiger partial charge is 0.358 e. The Morgan fingerprint density at radius 3 is 2.45 bits per heavy atom. The molecule has 1 heterocycles. The summed E-state index contributed by atoms with van der Waals surface area (Å²) in [7, 11) is 0. The standard InChI is InChI=1S/C25H19ClN2O3/c1-16-11-13-19(15-20(16)26)27-24(29)23(18-8-3-2-4-9-18)31-25(30)22-14-12-17-7-5-6-10-21(17)28-22/h2-15,23H,1H3,(H,27,29)/t23-/m0/s1. The number of fused-ring (bicyclic) bond motifs is 1. The maximum atomic E-state index is 13.0. The number of nitrogens with zero attached hydrogens (tertiary/aromatic N) is 1. The third kappa shape index (κ3) is 4.73. The number of carbonyl (C=O) groups is 2. The summed E-state index contributed by atoms with van der Waals surface area (Å²) in [6.07, 6.45) is -1.15. The number of benzene rings is 3. The first kappa shape index (κ1) is 20.6. The zero-order valence-corrected chi connectivity index (χ0v) is 17.5. The molecule has 0 aliphatic heterocycles. The van der Waals surface area contributed by atoms with Crippen molar-refractivity contribution in [3.05, 3.63) is 107 Å². The number of para-hydroxylation sites is 1. The quantitative estimate of drug-likeness (QED) is 0.410. The van der Waals surface area contributed by atoms with Crippen molar-refractivity contribution in [2.75, 3.05) is 5.32 Å². The molecule has 1 N–H and O–H groups in total. The van der Waals surface area contributed by atoms with Gasteiger partial charge in [0.25, 0.3) is 5.91 Å². The highest BCUT2D eigenvalue weighted by atomic mass is 35.5.